The number of carbonyl (C=O) groups is 2. The topological polar surface area (TPSA) is 86.8 Å². The normalized spacial score (nSPS) is 15.6. The summed E-state index contributed by atoms with van der Waals surface area (Å²) in [6, 6.07) is 9.21. The maximum absolute atomic E-state index is 13.9. The third-order valence-electron chi connectivity index (χ3n) is 4.21. The van der Waals surface area contributed by atoms with E-state index in [1.807, 2.05) is 4.72 Å². The smallest absolute Gasteiger partial charge is 0.304 e. The van der Waals surface area contributed by atoms with Crippen LogP contribution in [0, 0.1) is 5.82 Å². The van der Waals surface area contributed by atoms with Crippen LogP contribution in [0.15, 0.2) is 36.4 Å². The second kappa shape index (κ2) is 7.75. The first-order valence-corrected chi connectivity index (χ1v) is 10.5. The molecule has 0 bridgehead atoms. The Kier molecular flexibility index (Phi) is 5.59. The van der Waals surface area contributed by atoms with Gasteiger partial charge >= 0.3 is 10.2 Å². The fourth-order valence-corrected chi connectivity index (χ4v) is 4.85. The van der Waals surface area contributed by atoms with Crippen molar-refractivity contribution < 1.29 is 22.4 Å². The van der Waals surface area contributed by atoms with Crippen LogP contribution in [0.25, 0.3) is 10.4 Å². The van der Waals surface area contributed by atoms with E-state index in [0.717, 1.165) is 15.6 Å². The Hall–Kier alpha value is -2.30. The van der Waals surface area contributed by atoms with Gasteiger partial charge in [-0.15, -0.1) is 11.3 Å². The summed E-state index contributed by atoms with van der Waals surface area (Å²) in [4.78, 5) is 25.9. The number of hydrogen-bond donors (Lipinski definition) is 1. The minimum atomic E-state index is -4.01. The molecule has 1 aromatic carbocycles. The molecule has 1 saturated heterocycles. The second-order valence-corrected chi connectivity index (χ2v) is 8.74. The summed E-state index contributed by atoms with van der Waals surface area (Å²) in [5.41, 5.74) is 0.352. The first-order valence-electron chi connectivity index (χ1n) is 8.20. The molecule has 27 heavy (non-hydrogen) atoms. The Labute approximate surface area is 160 Å². The van der Waals surface area contributed by atoms with Crippen molar-refractivity contribution >= 4 is 33.4 Å². The molecule has 0 aliphatic carbocycles. The second-order valence-electron chi connectivity index (χ2n) is 5.99. The van der Waals surface area contributed by atoms with Gasteiger partial charge in [0.2, 0.25) is 5.91 Å². The van der Waals surface area contributed by atoms with Crippen LogP contribution in [0.2, 0.25) is 0 Å². The average Bonchev–Trinajstić information content (AvgIpc) is 3.12. The van der Waals surface area contributed by atoms with E-state index in [2.05, 4.69) is 0 Å². The molecule has 1 fully saturated rings. The number of hydrogen-bond acceptors (Lipinski definition) is 5. The standard InChI is InChI=1S/C17H18FN3O4S2/c1-12(22)20-8-10-21(11-9-20)27(24,25)19-17(23)16-7-6-15(26-16)13-4-2-3-5-14(13)18/h2-7H,8-11H2,1H3,(H,19,23). The highest BCUT2D eigenvalue weighted by Crippen LogP contribution is 2.30. The largest absolute Gasteiger partial charge is 0.340 e. The van der Waals surface area contributed by atoms with Gasteiger partial charge in [-0.3, -0.25) is 9.59 Å². The van der Waals surface area contributed by atoms with Crippen molar-refractivity contribution in [3.8, 4) is 10.4 Å². The summed E-state index contributed by atoms with van der Waals surface area (Å²) in [6.07, 6.45) is 0. The zero-order valence-electron chi connectivity index (χ0n) is 14.5. The number of benzene rings is 1. The van der Waals surface area contributed by atoms with Crippen LogP contribution in [0.1, 0.15) is 16.6 Å². The quantitative estimate of drug-likeness (QED) is 0.830. The summed E-state index contributed by atoms with van der Waals surface area (Å²) in [7, 11) is -4.01. The number of rotatable bonds is 4. The van der Waals surface area contributed by atoms with Gasteiger partial charge in [0.25, 0.3) is 5.91 Å². The number of nitrogens with zero attached hydrogens (tertiary/aromatic N) is 2. The molecule has 0 saturated carbocycles. The van der Waals surface area contributed by atoms with Crippen LogP contribution in [0.5, 0.6) is 0 Å². The van der Waals surface area contributed by atoms with Crippen molar-refractivity contribution in [2.75, 3.05) is 26.2 Å². The lowest BCUT2D eigenvalue weighted by Gasteiger charge is -2.33. The molecule has 2 amide bonds. The van der Waals surface area contributed by atoms with Crippen LogP contribution in [-0.2, 0) is 15.0 Å². The highest BCUT2D eigenvalue weighted by molar-refractivity contribution is 7.87. The minimum Gasteiger partial charge on any atom is -0.340 e. The van der Waals surface area contributed by atoms with E-state index in [9.17, 15) is 22.4 Å². The van der Waals surface area contributed by atoms with Crippen molar-refractivity contribution in [1.29, 1.82) is 0 Å². The molecule has 1 aliphatic rings. The molecular weight excluding hydrogens is 393 g/mol. The van der Waals surface area contributed by atoms with E-state index in [0.29, 0.717) is 10.4 Å². The predicted molar refractivity (Wildman–Crippen MR) is 99.9 cm³/mol. The number of thiophene rings is 1. The highest BCUT2D eigenvalue weighted by Gasteiger charge is 2.29. The Morgan fingerprint density at radius 2 is 1.74 bits per heavy atom. The molecule has 0 atom stereocenters. The third kappa shape index (κ3) is 4.34. The van der Waals surface area contributed by atoms with Gasteiger partial charge in [-0.05, 0) is 18.2 Å². The Morgan fingerprint density at radius 3 is 2.37 bits per heavy atom. The molecule has 2 heterocycles. The molecule has 10 heteroatoms. The molecule has 1 N–H and O–H groups in total. The zero-order chi connectivity index (χ0) is 19.6. The molecular formula is C17H18FN3O4S2. The molecule has 1 aromatic heterocycles. The molecule has 0 spiro atoms. The first kappa shape index (κ1) is 19.5. The number of amides is 2. The summed E-state index contributed by atoms with van der Waals surface area (Å²) in [5.74, 6) is -1.30. The third-order valence-corrected chi connectivity index (χ3v) is 6.82. The van der Waals surface area contributed by atoms with Gasteiger partial charge in [-0.1, -0.05) is 18.2 Å². The maximum atomic E-state index is 13.9. The van der Waals surface area contributed by atoms with Crippen molar-refractivity contribution in [3.05, 3.63) is 47.1 Å². The van der Waals surface area contributed by atoms with Crippen LogP contribution in [0.3, 0.4) is 0 Å². The van der Waals surface area contributed by atoms with E-state index in [4.69, 9.17) is 0 Å². The molecule has 0 unspecified atom stereocenters. The molecule has 0 radical (unpaired) electrons. The molecule has 1 aliphatic heterocycles. The SMILES string of the molecule is CC(=O)N1CCN(S(=O)(=O)NC(=O)c2ccc(-c3ccccc3F)s2)CC1. The number of piperazine rings is 1. The highest BCUT2D eigenvalue weighted by atomic mass is 32.2. The van der Waals surface area contributed by atoms with Crippen LogP contribution in [-0.4, -0.2) is 55.6 Å². The molecule has 7 nitrogen and oxygen atoms in total. The number of halogens is 1. The maximum Gasteiger partial charge on any atom is 0.304 e. The van der Waals surface area contributed by atoms with E-state index in [-0.39, 0.29) is 37.0 Å². The van der Waals surface area contributed by atoms with Gasteiger partial charge in [0, 0.05) is 43.5 Å². The van der Waals surface area contributed by atoms with E-state index in [1.165, 1.54) is 19.1 Å². The Morgan fingerprint density at radius 1 is 1.07 bits per heavy atom. The van der Waals surface area contributed by atoms with E-state index < -0.39 is 21.9 Å². The minimum absolute atomic E-state index is 0.115. The lowest BCUT2D eigenvalue weighted by Crippen LogP contribution is -2.53. The summed E-state index contributed by atoms with van der Waals surface area (Å²) in [6.45, 7) is 2.22. The van der Waals surface area contributed by atoms with Crippen molar-refractivity contribution in [2.24, 2.45) is 0 Å². The van der Waals surface area contributed by atoms with Crippen LogP contribution in [0.4, 0.5) is 4.39 Å². The van der Waals surface area contributed by atoms with Gasteiger partial charge in [0.05, 0.1) is 4.88 Å². The van der Waals surface area contributed by atoms with Crippen molar-refractivity contribution in [2.45, 2.75) is 6.92 Å². The first-order chi connectivity index (χ1) is 12.8. The Balaban J connectivity index is 1.69. The van der Waals surface area contributed by atoms with Crippen molar-refractivity contribution in [3.63, 3.8) is 0 Å². The fourth-order valence-electron chi connectivity index (χ4n) is 2.74. The number of nitrogens with one attached hydrogen (secondary N) is 1. The lowest BCUT2D eigenvalue weighted by atomic mass is 10.2. The van der Waals surface area contributed by atoms with Gasteiger partial charge < -0.3 is 4.90 Å². The monoisotopic (exact) mass is 411 g/mol. The molecule has 2 aromatic rings. The molecule has 144 valence electrons. The van der Waals surface area contributed by atoms with Gasteiger partial charge in [0.15, 0.2) is 0 Å². The summed E-state index contributed by atoms with van der Waals surface area (Å²) in [5, 5.41) is 0. The Bertz CT molecular complexity index is 966. The van der Waals surface area contributed by atoms with Gasteiger partial charge in [-0.25, -0.2) is 9.11 Å². The summed E-state index contributed by atoms with van der Waals surface area (Å²) >= 11 is 1.01. The van der Waals surface area contributed by atoms with E-state index >= 15 is 0 Å². The zero-order valence-corrected chi connectivity index (χ0v) is 16.1. The fraction of sp³-hybridized carbons (Fsp3) is 0.294. The number of carbonyl (C=O) groups excluding carboxylic acids is 2. The van der Waals surface area contributed by atoms with Crippen LogP contribution >= 0.6 is 11.3 Å². The van der Waals surface area contributed by atoms with Crippen LogP contribution < -0.4 is 4.72 Å². The van der Waals surface area contributed by atoms with Gasteiger partial charge in [0.1, 0.15) is 5.82 Å². The summed E-state index contributed by atoms with van der Waals surface area (Å²) < 4.78 is 41.9. The average molecular weight is 411 g/mol. The molecule has 3 rings (SSSR count). The van der Waals surface area contributed by atoms with Crippen molar-refractivity contribution in [1.82, 2.24) is 13.9 Å². The lowest BCUT2D eigenvalue weighted by molar-refractivity contribution is -0.129. The predicted octanol–water partition coefficient (Wildman–Crippen LogP) is 1.69. The van der Waals surface area contributed by atoms with E-state index in [1.54, 1.807) is 29.2 Å². The van der Waals surface area contributed by atoms with Gasteiger partial charge in [-0.2, -0.15) is 12.7 Å².